The van der Waals surface area contributed by atoms with Gasteiger partial charge in [0.1, 0.15) is 0 Å². The molecule has 0 aliphatic heterocycles. The van der Waals surface area contributed by atoms with Crippen LogP contribution < -0.4 is 5.32 Å². The van der Waals surface area contributed by atoms with Gasteiger partial charge in [-0.25, -0.2) is 0 Å². The van der Waals surface area contributed by atoms with E-state index in [0.29, 0.717) is 0 Å². The van der Waals surface area contributed by atoms with Crippen LogP contribution in [0.1, 0.15) is 24.6 Å². The minimum absolute atomic E-state index is 0.736. The van der Waals surface area contributed by atoms with Gasteiger partial charge in [-0.15, -0.1) is 0 Å². The van der Waals surface area contributed by atoms with Crippen LogP contribution in [-0.4, -0.2) is 30.0 Å². The summed E-state index contributed by atoms with van der Waals surface area (Å²) in [6.07, 6.45) is 3.09. The molecule has 1 aromatic heterocycles. The third-order valence-corrected chi connectivity index (χ3v) is 2.73. The van der Waals surface area contributed by atoms with Crippen molar-refractivity contribution in [3.8, 4) is 0 Å². The monoisotopic (exact) mass is 237 g/mol. The fraction of sp³-hybridized carbons (Fsp3) is 0.615. The van der Waals surface area contributed by atoms with Gasteiger partial charge in [0.15, 0.2) is 0 Å². The van der Waals surface area contributed by atoms with E-state index in [2.05, 4.69) is 30.1 Å². The van der Waals surface area contributed by atoms with Gasteiger partial charge in [0, 0.05) is 32.0 Å². The predicted molar refractivity (Wildman–Crippen MR) is 70.0 cm³/mol. The van der Waals surface area contributed by atoms with E-state index in [1.807, 2.05) is 11.6 Å². The fourth-order valence-electron chi connectivity index (χ4n) is 1.55. The van der Waals surface area contributed by atoms with Crippen molar-refractivity contribution >= 4 is 0 Å². The van der Waals surface area contributed by atoms with Crippen LogP contribution in [0.5, 0.6) is 0 Å². The molecular formula is C13H23N3O. The molecule has 0 saturated carbocycles. The lowest BCUT2D eigenvalue weighted by molar-refractivity contribution is 0.199. The Kier molecular flexibility index (Phi) is 5.94. The van der Waals surface area contributed by atoms with Gasteiger partial charge in [0.05, 0.1) is 18.8 Å². The zero-order valence-corrected chi connectivity index (χ0v) is 11.1. The summed E-state index contributed by atoms with van der Waals surface area (Å²) in [5.41, 5.74) is 3.52. The lowest BCUT2D eigenvalue weighted by atomic mass is 10.2. The van der Waals surface area contributed by atoms with Crippen molar-refractivity contribution in [2.45, 2.75) is 33.4 Å². The predicted octanol–water partition coefficient (Wildman–Crippen LogP) is 1.89. The zero-order valence-electron chi connectivity index (χ0n) is 11.1. The van der Waals surface area contributed by atoms with Gasteiger partial charge in [0.2, 0.25) is 0 Å². The van der Waals surface area contributed by atoms with Crippen LogP contribution in [0.3, 0.4) is 0 Å². The van der Waals surface area contributed by atoms with E-state index < -0.39 is 0 Å². The summed E-state index contributed by atoms with van der Waals surface area (Å²) in [5, 5.41) is 7.81. The maximum atomic E-state index is 4.99. The molecule has 4 heteroatoms. The molecule has 17 heavy (non-hydrogen) atoms. The number of nitrogens with one attached hydrogen (secondary N) is 1. The molecule has 4 nitrogen and oxygen atoms in total. The summed E-state index contributed by atoms with van der Waals surface area (Å²) in [5.74, 6) is 0. The Hall–Kier alpha value is -1.13. The molecule has 0 amide bonds. The third kappa shape index (κ3) is 4.71. The molecule has 0 fully saturated rings. The van der Waals surface area contributed by atoms with Gasteiger partial charge >= 0.3 is 0 Å². The maximum Gasteiger partial charge on any atom is 0.0638 e. The summed E-state index contributed by atoms with van der Waals surface area (Å²) in [7, 11) is 1.71. The van der Waals surface area contributed by atoms with Crippen molar-refractivity contribution in [2.75, 3.05) is 20.3 Å². The highest BCUT2D eigenvalue weighted by Gasteiger charge is 2.04. The van der Waals surface area contributed by atoms with Crippen LogP contribution in [-0.2, 0) is 17.8 Å². The molecule has 1 heterocycles. The van der Waals surface area contributed by atoms with Crippen molar-refractivity contribution < 1.29 is 4.74 Å². The van der Waals surface area contributed by atoms with E-state index in [0.717, 1.165) is 38.4 Å². The molecule has 1 N–H and O–H groups in total. The Bertz CT molecular complexity index is 358. The van der Waals surface area contributed by atoms with Gasteiger partial charge < -0.3 is 10.1 Å². The number of aromatic nitrogens is 2. The number of nitrogens with zero attached hydrogens (tertiary/aromatic N) is 2. The molecule has 1 rings (SSSR count). The number of aryl methyl sites for hydroxylation is 1. The number of allylic oxidation sites excluding steroid dienone is 1. The summed E-state index contributed by atoms with van der Waals surface area (Å²) < 4.78 is 6.95. The lowest BCUT2D eigenvalue weighted by Gasteiger charge is -2.02. The normalized spacial score (nSPS) is 10.8. The Morgan fingerprint density at radius 1 is 1.59 bits per heavy atom. The highest BCUT2D eigenvalue weighted by atomic mass is 16.5. The molecule has 0 aliphatic carbocycles. The molecular weight excluding hydrogens is 214 g/mol. The van der Waals surface area contributed by atoms with Crippen molar-refractivity contribution in [3.63, 3.8) is 0 Å². The molecule has 96 valence electrons. The van der Waals surface area contributed by atoms with Crippen molar-refractivity contribution in [3.05, 3.63) is 29.6 Å². The van der Waals surface area contributed by atoms with Gasteiger partial charge in [-0.1, -0.05) is 19.1 Å². The average Bonchev–Trinajstić information content (AvgIpc) is 2.65. The number of hydrogen-bond donors (Lipinski definition) is 1. The van der Waals surface area contributed by atoms with Gasteiger partial charge in [-0.3, -0.25) is 4.68 Å². The van der Waals surface area contributed by atoms with Crippen LogP contribution in [0.25, 0.3) is 0 Å². The molecule has 1 aromatic rings. The third-order valence-electron chi connectivity index (χ3n) is 2.73. The highest BCUT2D eigenvalue weighted by Crippen LogP contribution is 2.08. The fourth-order valence-corrected chi connectivity index (χ4v) is 1.55. The molecule has 0 bridgehead atoms. The summed E-state index contributed by atoms with van der Waals surface area (Å²) in [6.45, 7) is 11.4. The van der Waals surface area contributed by atoms with E-state index in [4.69, 9.17) is 4.74 Å². The first-order valence-electron chi connectivity index (χ1n) is 6.06. The van der Waals surface area contributed by atoms with Crippen LogP contribution in [0.15, 0.2) is 18.3 Å². The smallest absolute Gasteiger partial charge is 0.0638 e. The highest BCUT2D eigenvalue weighted by molar-refractivity contribution is 5.15. The molecule has 0 saturated heterocycles. The standard InChI is InChI=1S/C13H23N3O/c1-5-11(2)9-16-10-13(12(3)15-16)8-14-6-7-17-4/h10,14H,2,5-9H2,1,3-4H3. The topological polar surface area (TPSA) is 39.1 Å². The Morgan fingerprint density at radius 3 is 3.00 bits per heavy atom. The van der Waals surface area contributed by atoms with E-state index >= 15 is 0 Å². The minimum atomic E-state index is 0.736. The van der Waals surface area contributed by atoms with Crippen molar-refractivity contribution in [2.24, 2.45) is 0 Å². The number of rotatable bonds is 8. The SMILES string of the molecule is C=C(CC)Cn1cc(CNCCOC)c(C)n1. The molecule has 0 aromatic carbocycles. The van der Waals surface area contributed by atoms with Crippen LogP contribution in [0.2, 0.25) is 0 Å². The average molecular weight is 237 g/mol. The van der Waals surface area contributed by atoms with E-state index in [1.165, 1.54) is 11.1 Å². The van der Waals surface area contributed by atoms with Gasteiger partial charge in [-0.2, -0.15) is 5.10 Å². The summed E-state index contributed by atoms with van der Waals surface area (Å²) in [4.78, 5) is 0. The molecule has 0 atom stereocenters. The number of hydrogen-bond acceptors (Lipinski definition) is 3. The first kappa shape index (κ1) is 13.9. The summed E-state index contributed by atoms with van der Waals surface area (Å²) in [6, 6.07) is 0. The minimum Gasteiger partial charge on any atom is -0.383 e. The second kappa shape index (κ2) is 7.25. The van der Waals surface area contributed by atoms with Gasteiger partial charge in [-0.05, 0) is 13.3 Å². The number of methoxy groups -OCH3 is 1. The Labute approximate surface area is 104 Å². The Balaban J connectivity index is 2.47. The van der Waals surface area contributed by atoms with Gasteiger partial charge in [0.25, 0.3) is 0 Å². The van der Waals surface area contributed by atoms with Crippen LogP contribution in [0.4, 0.5) is 0 Å². The van der Waals surface area contributed by atoms with E-state index in [9.17, 15) is 0 Å². The zero-order chi connectivity index (χ0) is 12.7. The second-order valence-corrected chi connectivity index (χ2v) is 4.21. The number of ether oxygens (including phenoxy) is 1. The maximum absolute atomic E-state index is 4.99. The van der Waals surface area contributed by atoms with Crippen molar-refractivity contribution in [1.29, 1.82) is 0 Å². The largest absolute Gasteiger partial charge is 0.383 e. The lowest BCUT2D eigenvalue weighted by Crippen LogP contribution is -2.18. The molecule has 0 unspecified atom stereocenters. The van der Waals surface area contributed by atoms with Crippen molar-refractivity contribution in [1.82, 2.24) is 15.1 Å². The molecule has 0 spiro atoms. The van der Waals surface area contributed by atoms with E-state index in [-0.39, 0.29) is 0 Å². The first-order valence-corrected chi connectivity index (χ1v) is 6.06. The first-order chi connectivity index (χ1) is 8.17. The second-order valence-electron chi connectivity index (χ2n) is 4.21. The quantitative estimate of drug-likeness (QED) is 0.554. The van der Waals surface area contributed by atoms with Crippen LogP contribution in [0, 0.1) is 6.92 Å². The molecule has 0 aliphatic rings. The Morgan fingerprint density at radius 2 is 2.35 bits per heavy atom. The van der Waals surface area contributed by atoms with Crippen LogP contribution >= 0.6 is 0 Å². The summed E-state index contributed by atoms with van der Waals surface area (Å²) >= 11 is 0. The molecule has 0 radical (unpaired) electrons. The van der Waals surface area contributed by atoms with E-state index in [1.54, 1.807) is 7.11 Å².